The monoisotopic (exact) mass is 415 g/mol. The Balaban J connectivity index is 1.43. The summed E-state index contributed by atoms with van der Waals surface area (Å²) in [6.45, 7) is 5.04. The molecule has 4 rings (SSSR count). The highest BCUT2D eigenvalue weighted by Gasteiger charge is 2.21. The van der Waals surface area contributed by atoms with Gasteiger partial charge in [-0.1, -0.05) is 6.07 Å². The number of rotatable bonds is 6. The Morgan fingerprint density at radius 2 is 1.87 bits per heavy atom. The van der Waals surface area contributed by atoms with Crippen molar-refractivity contribution < 1.29 is 14.3 Å². The maximum absolute atomic E-state index is 12.8. The van der Waals surface area contributed by atoms with E-state index in [9.17, 15) is 9.59 Å². The van der Waals surface area contributed by atoms with Crippen LogP contribution < -0.4 is 15.0 Å². The summed E-state index contributed by atoms with van der Waals surface area (Å²) in [6.07, 6.45) is 4.99. The predicted octanol–water partition coefficient (Wildman–Crippen LogP) is 4.66. The van der Waals surface area contributed by atoms with Gasteiger partial charge in [-0.25, -0.2) is 0 Å². The standard InChI is InChI=1S/C25H25N3O3/c1-17-13-20(14-18(2)24(17)31-16-19-5-3-11-26-15-19)25(30)27-21-7-9-22(10-8-21)28-12-4-6-23(28)29/h3,5,7-11,13-15H,4,6,12,16H2,1-2H3,(H,27,30). The Hall–Kier alpha value is -3.67. The summed E-state index contributed by atoms with van der Waals surface area (Å²) in [6, 6.07) is 14.9. The Morgan fingerprint density at radius 3 is 2.48 bits per heavy atom. The van der Waals surface area contributed by atoms with Gasteiger partial charge in [-0.3, -0.25) is 14.6 Å². The van der Waals surface area contributed by atoms with Crippen LogP contribution in [0.1, 0.15) is 39.9 Å². The summed E-state index contributed by atoms with van der Waals surface area (Å²) < 4.78 is 5.97. The number of nitrogens with one attached hydrogen (secondary N) is 1. The molecule has 0 spiro atoms. The van der Waals surface area contributed by atoms with Crippen LogP contribution >= 0.6 is 0 Å². The van der Waals surface area contributed by atoms with Gasteiger partial charge in [0.05, 0.1) is 0 Å². The third-order valence-corrected chi connectivity index (χ3v) is 5.34. The molecule has 3 aromatic rings. The van der Waals surface area contributed by atoms with Gasteiger partial charge in [-0.05, 0) is 73.9 Å². The first-order valence-electron chi connectivity index (χ1n) is 10.4. The molecule has 6 heteroatoms. The topological polar surface area (TPSA) is 71.5 Å². The van der Waals surface area contributed by atoms with Crippen LogP contribution in [0.25, 0.3) is 0 Å². The highest BCUT2D eigenvalue weighted by Crippen LogP contribution is 2.27. The van der Waals surface area contributed by atoms with Gasteiger partial charge in [0, 0.05) is 47.9 Å². The zero-order valence-corrected chi connectivity index (χ0v) is 17.7. The predicted molar refractivity (Wildman–Crippen MR) is 120 cm³/mol. The molecular weight excluding hydrogens is 390 g/mol. The van der Waals surface area contributed by atoms with Crippen molar-refractivity contribution in [2.24, 2.45) is 0 Å². The average Bonchev–Trinajstić information content (AvgIpc) is 3.20. The normalized spacial score (nSPS) is 13.4. The molecule has 0 atom stereocenters. The first-order chi connectivity index (χ1) is 15.0. The van der Waals surface area contributed by atoms with Crippen LogP contribution in [-0.2, 0) is 11.4 Å². The number of hydrogen-bond donors (Lipinski definition) is 1. The maximum atomic E-state index is 12.8. The van der Waals surface area contributed by atoms with E-state index in [1.165, 1.54) is 0 Å². The maximum Gasteiger partial charge on any atom is 0.255 e. The average molecular weight is 415 g/mol. The van der Waals surface area contributed by atoms with Crippen LogP contribution in [0.4, 0.5) is 11.4 Å². The number of nitrogens with zero attached hydrogens (tertiary/aromatic N) is 2. The minimum absolute atomic E-state index is 0.147. The van der Waals surface area contributed by atoms with E-state index >= 15 is 0 Å². The number of amides is 2. The molecule has 0 radical (unpaired) electrons. The van der Waals surface area contributed by atoms with Crippen molar-refractivity contribution in [2.45, 2.75) is 33.3 Å². The molecule has 1 N–H and O–H groups in total. The van der Waals surface area contributed by atoms with Crippen molar-refractivity contribution in [1.82, 2.24) is 4.98 Å². The number of anilines is 2. The lowest BCUT2D eigenvalue weighted by Crippen LogP contribution is -2.23. The lowest BCUT2D eigenvalue weighted by Gasteiger charge is -2.16. The second kappa shape index (κ2) is 9.00. The number of aromatic nitrogens is 1. The summed E-state index contributed by atoms with van der Waals surface area (Å²) in [7, 11) is 0. The fourth-order valence-corrected chi connectivity index (χ4v) is 3.80. The number of carbonyl (C=O) groups excluding carboxylic acids is 2. The van der Waals surface area contributed by atoms with Crippen LogP contribution in [0.3, 0.4) is 0 Å². The smallest absolute Gasteiger partial charge is 0.255 e. The molecule has 1 aliphatic heterocycles. The SMILES string of the molecule is Cc1cc(C(=O)Nc2ccc(N3CCCC3=O)cc2)cc(C)c1OCc1cccnc1. The van der Waals surface area contributed by atoms with E-state index in [0.29, 0.717) is 24.3 Å². The van der Waals surface area contributed by atoms with Gasteiger partial charge in [0.1, 0.15) is 12.4 Å². The highest BCUT2D eigenvalue weighted by molar-refractivity contribution is 6.05. The van der Waals surface area contributed by atoms with E-state index in [1.807, 2.05) is 62.4 Å². The van der Waals surface area contributed by atoms with Crippen LogP contribution in [-0.4, -0.2) is 23.3 Å². The lowest BCUT2D eigenvalue weighted by atomic mass is 10.0. The molecule has 158 valence electrons. The van der Waals surface area contributed by atoms with Crippen LogP contribution in [0, 0.1) is 13.8 Å². The number of pyridine rings is 1. The Morgan fingerprint density at radius 1 is 1.13 bits per heavy atom. The van der Waals surface area contributed by atoms with E-state index in [4.69, 9.17) is 4.74 Å². The summed E-state index contributed by atoms with van der Waals surface area (Å²) >= 11 is 0. The Labute approximate surface area is 181 Å². The van der Waals surface area contributed by atoms with Gasteiger partial charge >= 0.3 is 0 Å². The molecule has 1 saturated heterocycles. The molecule has 2 amide bonds. The molecule has 0 saturated carbocycles. The molecule has 1 aliphatic rings. The number of ether oxygens (including phenoxy) is 1. The fourth-order valence-electron chi connectivity index (χ4n) is 3.80. The van der Waals surface area contributed by atoms with E-state index in [-0.39, 0.29) is 11.8 Å². The molecule has 0 aliphatic carbocycles. The summed E-state index contributed by atoms with van der Waals surface area (Å²) in [5.41, 5.74) is 4.91. The van der Waals surface area contributed by atoms with Crippen molar-refractivity contribution in [3.63, 3.8) is 0 Å². The van der Waals surface area contributed by atoms with Crippen LogP contribution in [0.2, 0.25) is 0 Å². The summed E-state index contributed by atoms with van der Waals surface area (Å²) in [4.78, 5) is 30.5. The fraction of sp³-hybridized carbons (Fsp3) is 0.240. The largest absolute Gasteiger partial charge is 0.488 e. The molecule has 1 fully saturated rings. The van der Waals surface area contributed by atoms with Crippen molar-refractivity contribution in [2.75, 3.05) is 16.8 Å². The second-order valence-electron chi connectivity index (χ2n) is 7.74. The van der Waals surface area contributed by atoms with Gasteiger partial charge in [0.15, 0.2) is 0 Å². The number of hydrogen-bond acceptors (Lipinski definition) is 4. The summed E-state index contributed by atoms with van der Waals surface area (Å²) in [5, 5.41) is 2.93. The summed E-state index contributed by atoms with van der Waals surface area (Å²) in [5.74, 6) is 0.739. The van der Waals surface area contributed by atoms with Crippen molar-refractivity contribution >= 4 is 23.2 Å². The molecule has 1 aromatic heterocycles. The zero-order valence-electron chi connectivity index (χ0n) is 17.7. The molecular formula is C25H25N3O3. The van der Waals surface area contributed by atoms with Crippen molar-refractivity contribution in [3.05, 3.63) is 83.2 Å². The first-order valence-corrected chi connectivity index (χ1v) is 10.4. The van der Waals surface area contributed by atoms with E-state index in [0.717, 1.165) is 41.1 Å². The third kappa shape index (κ3) is 4.74. The zero-order chi connectivity index (χ0) is 21.8. The first kappa shape index (κ1) is 20.6. The molecule has 2 heterocycles. The van der Waals surface area contributed by atoms with Crippen LogP contribution in [0.15, 0.2) is 60.9 Å². The lowest BCUT2D eigenvalue weighted by molar-refractivity contribution is -0.117. The third-order valence-electron chi connectivity index (χ3n) is 5.34. The molecule has 6 nitrogen and oxygen atoms in total. The van der Waals surface area contributed by atoms with E-state index < -0.39 is 0 Å². The van der Waals surface area contributed by atoms with Gasteiger partial charge in [-0.15, -0.1) is 0 Å². The van der Waals surface area contributed by atoms with Gasteiger partial charge in [-0.2, -0.15) is 0 Å². The van der Waals surface area contributed by atoms with Gasteiger partial charge in [0.2, 0.25) is 5.91 Å². The van der Waals surface area contributed by atoms with Crippen molar-refractivity contribution in [3.8, 4) is 5.75 Å². The minimum atomic E-state index is -0.185. The molecule has 0 unspecified atom stereocenters. The van der Waals surface area contributed by atoms with E-state index in [1.54, 1.807) is 17.3 Å². The van der Waals surface area contributed by atoms with Gasteiger partial charge < -0.3 is 15.0 Å². The van der Waals surface area contributed by atoms with E-state index in [2.05, 4.69) is 10.3 Å². The molecule has 2 aromatic carbocycles. The number of carbonyl (C=O) groups is 2. The Kier molecular flexibility index (Phi) is 5.98. The molecule has 0 bridgehead atoms. The highest BCUT2D eigenvalue weighted by atomic mass is 16.5. The molecule has 31 heavy (non-hydrogen) atoms. The van der Waals surface area contributed by atoms with Crippen LogP contribution in [0.5, 0.6) is 5.75 Å². The second-order valence-corrected chi connectivity index (χ2v) is 7.74. The van der Waals surface area contributed by atoms with Gasteiger partial charge in [0.25, 0.3) is 5.91 Å². The minimum Gasteiger partial charge on any atom is -0.488 e. The Bertz CT molecular complexity index is 1070. The number of aryl methyl sites for hydroxylation is 2. The van der Waals surface area contributed by atoms with Crippen molar-refractivity contribution in [1.29, 1.82) is 0 Å². The number of benzene rings is 2. The quantitative estimate of drug-likeness (QED) is 0.636.